The van der Waals surface area contributed by atoms with Gasteiger partial charge in [-0.25, -0.2) is 4.99 Å². The van der Waals surface area contributed by atoms with Crippen LogP contribution in [-0.4, -0.2) is 31.8 Å². The highest BCUT2D eigenvalue weighted by molar-refractivity contribution is 5.94. The van der Waals surface area contributed by atoms with Crippen molar-refractivity contribution in [1.82, 2.24) is 0 Å². The second kappa shape index (κ2) is 7.03. The largest absolute Gasteiger partial charge is 0.497 e. The van der Waals surface area contributed by atoms with E-state index in [1.54, 1.807) is 32.4 Å². The Kier molecular flexibility index (Phi) is 4.81. The first-order valence-corrected chi connectivity index (χ1v) is 8.15. The number of nitrogens with one attached hydrogen (secondary N) is 1. The molecule has 132 valence electrons. The van der Waals surface area contributed by atoms with Crippen LogP contribution in [0.2, 0.25) is 0 Å². The first-order chi connectivity index (χ1) is 12.1. The Bertz CT molecular complexity index is 791. The zero-order valence-corrected chi connectivity index (χ0v) is 14.5. The van der Waals surface area contributed by atoms with Crippen molar-refractivity contribution >= 4 is 11.6 Å². The molecule has 25 heavy (non-hydrogen) atoms. The third-order valence-electron chi connectivity index (χ3n) is 4.51. The molecule has 0 bridgehead atoms. The number of ether oxygens (including phenoxy) is 2. The van der Waals surface area contributed by atoms with Gasteiger partial charge in [-0.1, -0.05) is 24.3 Å². The van der Waals surface area contributed by atoms with Gasteiger partial charge in [0.1, 0.15) is 17.1 Å². The van der Waals surface area contributed by atoms with E-state index in [0.717, 1.165) is 12.0 Å². The molecule has 0 spiro atoms. The van der Waals surface area contributed by atoms with Gasteiger partial charge in [0.05, 0.1) is 26.5 Å². The number of fused-ring (bicyclic) bond motifs is 1. The Labute approximate surface area is 147 Å². The molecule has 6 heteroatoms. The minimum atomic E-state index is -0.971. The van der Waals surface area contributed by atoms with Crippen molar-refractivity contribution in [2.75, 3.05) is 26.1 Å². The summed E-state index contributed by atoms with van der Waals surface area (Å²) in [7, 11) is 3.18. The lowest BCUT2D eigenvalue weighted by Gasteiger charge is -2.22. The molecule has 2 aromatic rings. The van der Waals surface area contributed by atoms with Gasteiger partial charge in [-0.15, -0.1) is 0 Å². The van der Waals surface area contributed by atoms with Crippen LogP contribution in [0, 0.1) is 0 Å². The molecule has 0 aromatic heterocycles. The van der Waals surface area contributed by atoms with E-state index in [1.165, 1.54) is 5.56 Å². The third-order valence-corrected chi connectivity index (χ3v) is 4.51. The second-order valence-electron chi connectivity index (χ2n) is 6.08. The highest BCUT2D eigenvalue weighted by Gasteiger charge is 2.36. The molecule has 1 aliphatic carbocycles. The fraction of sp³-hybridized carbons (Fsp3) is 0.316. The molecular weight excluding hydrogens is 318 g/mol. The highest BCUT2D eigenvalue weighted by Crippen LogP contribution is 2.37. The van der Waals surface area contributed by atoms with Crippen molar-refractivity contribution < 1.29 is 14.6 Å². The fourth-order valence-electron chi connectivity index (χ4n) is 3.14. The molecule has 1 aliphatic rings. The molecule has 0 fully saturated rings. The van der Waals surface area contributed by atoms with Crippen LogP contribution >= 0.6 is 0 Å². The Morgan fingerprint density at radius 1 is 1.24 bits per heavy atom. The van der Waals surface area contributed by atoms with Crippen LogP contribution in [0.4, 0.5) is 5.69 Å². The van der Waals surface area contributed by atoms with Crippen molar-refractivity contribution in [3.8, 4) is 11.5 Å². The van der Waals surface area contributed by atoms with Gasteiger partial charge >= 0.3 is 0 Å². The predicted molar refractivity (Wildman–Crippen MR) is 98.3 cm³/mol. The van der Waals surface area contributed by atoms with E-state index in [4.69, 9.17) is 15.2 Å². The number of hydrogen-bond donors (Lipinski definition) is 3. The lowest BCUT2D eigenvalue weighted by molar-refractivity contribution is 0.0487. The number of benzene rings is 2. The number of nitrogens with two attached hydrogens (primary N) is 1. The maximum atomic E-state index is 10.9. The quantitative estimate of drug-likeness (QED) is 0.573. The van der Waals surface area contributed by atoms with Gasteiger partial charge in [-0.2, -0.15) is 0 Å². The molecule has 0 radical (unpaired) electrons. The smallest absolute Gasteiger partial charge is 0.193 e. The Balaban J connectivity index is 1.75. The fourth-order valence-corrected chi connectivity index (χ4v) is 3.14. The SMILES string of the molecule is COc1ccc(OC)c(NC(N)=NCC2(O)CCc3ccccc32)c1. The molecule has 0 saturated heterocycles. The average molecular weight is 341 g/mol. The normalized spacial score (nSPS) is 19.4. The van der Waals surface area contributed by atoms with E-state index in [1.807, 2.05) is 24.3 Å². The second-order valence-corrected chi connectivity index (χ2v) is 6.08. The molecule has 0 aliphatic heterocycles. The van der Waals surface area contributed by atoms with Crippen LogP contribution in [0.5, 0.6) is 11.5 Å². The van der Waals surface area contributed by atoms with Gasteiger partial charge in [0.2, 0.25) is 0 Å². The summed E-state index contributed by atoms with van der Waals surface area (Å²) in [6, 6.07) is 13.3. The molecule has 0 saturated carbocycles. The molecule has 4 N–H and O–H groups in total. The van der Waals surface area contributed by atoms with Crippen molar-refractivity contribution in [2.45, 2.75) is 18.4 Å². The number of aryl methyl sites for hydroxylation is 1. The van der Waals surface area contributed by atoms with Crippen LogP contribution in [0.3, 0.4) is 0 Å². The molecule has 1 atom stereocenters. The lowest BCUT2D eigenvalue weighted by Crippen LogP contribution is -2.30. The molecule has 3 rings (SSSR count). The monoisotopic (exact) mass is 341 g/mol. The van der Waals surface area contributed by atoms with Crippen molar-refractivity contribution in [3.63, 3.8) is 0 Å². The van der Waals surface area contributed by atoms with E-state index in [2.05, 4.69) is 10.3 Å². The number of methoxy groups -OCH3 is 2. The first-order valence-electron chi connectivity index (χ1n) is 8.15. The maximum absolute atomic E-state index is 10.9. The highest BCUT2D eigenvalue weighted by atomic mass is 16.5. The minimum Gasteiger partial charge on any atom is -0.497 e. The first kappa shape index (κ1) is 17.1. The van der Waals surface area contributed by atoms with Crippen LogP contribution in [-0.2, 0) is 12.0 Å². The van der Waals surface area contributed by atoms with Gasteiger partial charge in [0.15, 0.2) is 5.96 Å². The van der Waals surface area contributed by atoms with Crippen LogP contribution in [0.15, 0.2) is 47.5 Å². The summed E-state index contributed by atoms with van der Waals surface area (Å²) in [5, 5.41) is 13.9. The van der Waals surface area contributed by atoms with Crippen LogP contribution in [0.25, 0.3) is 0 Å². The van der Waals surface area contributed by atoms with Crippen molar-refractivity contribution in [3.05, 3.63) is 53.6 Å². The lowest BCUT2D eigenvalue weighted by atomic mass is 9.96. The van der Waals surface area contributed by atoms with Gasteiger partial charge in [0, 0.05) is 6.07 Å². The van der Waals surface area contributed by atoms with Crippen LogP contribution in [0.1, 0.15) is 17.5 Å². The van der Waals surface area contributed by atoms with Crippen molar-refractivity contribution in [2.24, 2.45) is 10.7 Å². The molecule has 0 heterocycles. The minimum absolute atomic E-state index is 0.204. The number of nitrogens with zero attached hydrogens (tertiary/aromatic N) is 1. The molecule has 0 amide bonds. The predicted octanol–water partition coefficient (Wildman–Crippen LogP) is 2.26. The standard InChI is InChI=1S/C19H23N3O3/c1-24-14-7-8-17(25-2)16(11-14)22-18(20)21-12-19(23)10-9-13-5-3-4-6-15(13)19/h3-8,11,23H,9-10,12H2,1-2H3,(H3,20,21,22). The average Bonchev–Trinajstić information content (AvgIpc) is 2.98. The topological polar surface area (TPSA) is 89.1 Å². The Morgan fingerprint density at radius 3 is 2.80 bits per heavy atom. The zero-order valence-electron chi connectivity index (χ0n) is 14.5. The van der Waals surface area contributed by atoms with Gasteiger partial charge in [0.25, 0.3) is 0 Å². The summed E-state index contributed by atoms with van der Waals surface area (Å²) in [5.41, 5.74) is 7.80. The number of guanidine groups is 1. The Hall–Kier alpha value is -2.73. The van der Waals surface area contributed by atoms with E-state index in [-0.39, 0.29) is 12.5 Å². The maximum Gasteiger partial charge on any atom is 0.193 e. The number of anilines is 1. The number of aliphatic hydroxyl groups is 1. The number of hydrogen-bond acceptors (Lipinski definition) is 4. The summed E-state index contributed by atoms with van der Waals surface area (Å²) >= 11 is 0. The van der Waals surface area contributed by atoms with Crippen LogP contribution < -0.4 is 20.5 Å². The summed E-state index contributed by atoms with van der Waals surface area (Å²) in [5.74, 6) is 1.52. The Morgan fingerprint density at radius 2 is 2.04 bits per heavy atom. The van der Waals surface area contributed by atoms with Gasteiger partial charge in [-0.05, 0) is 36.1 Å². The summed E-state index contributed by atoms with van der Waals surface area (Å²) in [4.78, 5) is 4.34. The molecular formula is C19H23N3O3. The van der Waals surface area contributed by atoms with Crippen molar-refractivity contribution in [1.29, 1.82) is 0 Å². The van der Waals surface area contributed by atoms with E-state index >= 15 is 0 Å². The number of rotatable bonds is 5. The molecule has 1 unspecified atom stereocenters. The third kappa shape index (κ3) is 3.53. The number of aliphatic imine (C=N–C) groups is 1. The summed E-state index contributed by atoms with van der Waals surface area (Å²) < 4.78 is 10.5. The summed E-state index contributed by atoms with van der Waals surface area (Å²) in [6.07, 6.45) is 1.49. The van der Waals surface area contributed by atoms with E-state index < -0.39 is 5.60 Å². The van der Waals surface area contributed by atoms with E-state index in [0.29, 0.717) is 23.6 Å². The van der Waals surface area contributed by atoms with Gasteiger partial charge in [-0.3, -0.25) is 0 Å². The zero-order chi connectivity index (χ0) is 17.9. The summed E-state index contributed by atoms with van der Waals surface area (Å²) in [6.45, 7) is 0.204. The van der Waals surface area contributed by atoms with Gasteiger partial charge < -0.3 is 25.6 Å². The molecule has 2 aromatic carbocycles. The van der Waals surface area contributed by atoms with E-state index in [9.17, 15) is 5.11 Å². The molecule has 6 nitrogen and oxygen atoms in total.